The molecule has 1 atom stereocenters. The maximum absolute atomic E-state index is 12.2. The van der Waals surface area contributed by atoms with Gasteiger partial charge in [-0.15, -0.1) is 0 Å². The minimum absolute atomic E-state index is 0.0750. The monoisotopic (exact) mass is 271 g/mol. The van der Waals surface area contributed by atoms with Gasteiger partial charge in [0.2, 0.25) is 11.8 Å². The van der Waals surface area contributed by atoms with E-state index in [1.165, 1.54) is 0 Å². The number of carbonyl (C=O) groups is 2. The van der Waals surface area contributed by atoms with E-state index in [9.17, 15) is 9.59 Å². The predicted octanol–water partition coefficient (Wildman–Crippen LogP) is -0.133. The number of nitrogens with zero attached hydrogens (tertiary/aromatic N) is 1. The van der Waals surface area contributed by atoms with Crippen molar-refractivity contribution in [2.75, 3.05) is 26.3 Å². The second-order valence-corrected chi connectivity index (χ2v) is 4.97. The van der Waals surface area contributed by atoms with Gasteiger partial charge < -0.3 is 20.7 Å². The van der Waals surface area contributed by atoms with Crippen molar-refractivity contribution in [2.24, 2.45) is 5.73 Å². The van der Waals surface area contributed by atoms with Gasteiger partial charge in [-0.2, -0.15) is 0 Å². The number of hydrogen-bond acceptors (Lipinski definition) is 4. The lowest BCUT2D eigenvalue weighted by Gasteiger charge is -2.33. The molecule has 0 radical (unpaired) electrons. The summed E-state index contributed by atoms with van der Waals surface area (Å²) in [5.74, 6) is -0.335. The van der Waals surface area contributed by atoms with Gasteiger partial charge in [0.15, 0.2) is 0 Å². The second kappa shape index (κ2) is 6.86. The van der Waals surface area contributed by atoms with Crippen LogP contribution in [0.15, 0.2) is 0 Å². The highest BCUT2D eigenvalue weighted by Crippen LogP contribution is 2.18. The number of likely N-dealkylation sites (N-methyl/N-ethyl adjacent to an activating group) is 1. The first-order valence-corrected chi connectivity index (χ1v) is 6.91. The molecule has 1 unspecified atom stereocenters. The van der Waals surface area contributed by atoms with Crippen LogP contribution < -0.4 is 11.1 Å². The van der Waals surface area contributed by atoms with E-state index in [1.807, 2.05) is 13.8 Å². The topological polar surface area (TPSA) is 84.7 Å². The second-order valence-electron chi connectivity index (χ2n) is 4.97. The first-order valence-electron chi connectivity index (χ1n) is 6.91. The average molecular weight is 271 g/mol. The Kier molecular flexibility index (Phi) is 5.75. The summed E-state index contributed by atoms with van der Waals surface area (Å²) in [6.45, 7) is 7.78. The molecule has 6 nitrogen and oxygen atoms in total. The fraction of sp³-hybridized carbons (Fsp3) is 0.846. The molecule has 0 aromatic heterocycles. The van der Waals surface area contributed by atoms with Crippen molar-refractivity contribution in [3.63, 3.8) is 0 Å². The predicted molar refractivity (Wildman–Crippen MR) is 72.5 cm³/mol. The Morgan fingerprint density at radius 1 is 1.32 bits per heavy atom. The fourth-order valence-electron chi connectivity index (χ4n) is 2.17. The van der Waals surface area contributed by atoms with Gasteiger partial charge in [-0.3, -0.25) is 9.59 Å². The van der Waals surface area contributed by atoms with Gasteiger partial charge in [-0.05, 0) is 33.6 Å². The number of hydrogen-bond donors (Lipinski definition) is 2. The highest BCUT2D eigenvalue weighted by molar-refractivity contribution is 5.91. The van der Waals surface area contributed by atoms with Gasteiger partial charge in [0.05, 0.1) is 5.54 Å². The molecule has 1 rings (SSSR count). The van der Waals surface area contributed by atoms with Crippen molar-refractivity contribution in [3.05, 3.63) is 0 Å². The molecule has 0 aromatic carbocycles. The van der Waals surface area contributed by atoms with Crippen LogP contribution in [-0.4, -0.2) is 54.6 Å². The number of nitrogens with one attached hydrogen (secondary N) is 1. The lowest BCUT2D eigenvalue weighted by Crippen LogP contribution is -2.60. The molecule has 1 aliphatic rings. The maximum Gasteiger partial charge on any atom is 0.244 e. The Morgan fingerprint density at radius 2 is 1.84 bits per heavy atom. The Balaban J connectivity index is 2.58. The van der Waals surface area contributed by atoms with E-state index < -0.39 is 11.6 Å². The number of rotatable bonds is 5. The van der Waals surface area contributed by atoms with E-state index >= 15 is 0 Å². The number of nitrogens with two attached hydrogens (primary N) is 1. The van der Waals surface area contributed by atoms with Crippen LogP contribution in [0.2, 0.25) is 0 Å². The summed E-state index contributed by atoms with van der Waals surface area (Å²) in [5, 5.41) is 2.73. The summed E-state index contributed by atoms with van der Waals surface area (Å²) >= 11 is 0. The number of amides is 2. The minimum Gasteiger partial charge on any atom is -0.381 e. The third-order valence-corrected chi connectivity index (χ3v) is 3.63. The maximum atomic E-state index is 12.2. The first kappa shape index (κ1) is 15.9. The molecule has 1 heterocycles. The van der Waals surface area contributed by atoms with E-state index in [2.05, 4.69) is 5.32 Å². The Hall–Kier alpha value is -1.14. The number of ether oxygens (including phenoxy) is 1. The molecule has 0 bridgehead atoms. The molecule has 0 spiro atoms. The highest BCUT2D eigenvalue weighted by Gasteiger charge is 2.37. The average Bonchev–Trinajstić information content (AvgIpc) is 2.40. The van der Waals surface area contributed by atoms with Gasteiger partial charge in [-0.25, -0.2) is 0 Å². The van der Waals surface area contributed by atoms with Gasteiger partial charge in [0, 0.05) is 26.3 Å². The fourth-order valence-corrected chi connectivity index (χ4v) is 2.17. The van der Waals surface area contributed by atoms with E-state index in [4.69, 9.17) is 10.5 Å². The van der Waals surface area contributed by atoms with E-state index in [1.54, 1.807) is 11.8 Å². The van der Waals surface area contributed by atoms with Crippen LogP contribution in [0.3, 0.4) is 0 Å². The van der Waals surface area contributed by atoms with Crippen molar-refractivity contribution in [3.8, 4) is 0 Å². The largest absolute Gasteiger partial charge is 0.381 e. The molecule has 19 heavy (non-hydrogen) atoms. The van der Waals surface area contributed by atoms with Crippen molar-refractivity contribution < 1.29 is 14.3 Å². The van der Waals surface area contributed by atoms with Crippen LogP contribution in [0.25, 0.3) is 0 Å². The molecule has 3 N–H and O–H groups in total. The molecule has 6 heteroatoms. The van der Waals surface area contributed by atoms with E-state index in [0.29, 0.717) is 39.1 Å². The zero-order valence-electron chi connectivity index (χ0n) is 12.1. The molecule has 0 saturated carbocycles. The highest BCUT2D eigenvalue weighted by atomic mass is 16.5. The van der Waals surface area contributed by atoms with Crippen LogP contribution in [0.4, 0.5) is 0 Å². The molecule has 2 amide bonds. The van der Waals surface area contributed by atoms with Gasteiger partial charge in [0.1, 0.15) is 6.04 Å². The SMILES string of the molecule is CCN(CC)C(=O)C(C)NC(=O)C1(N)CCOCC1. The molecule has 1 aliphatic heterocycles. The van der Waals surface area contributed by atoms with Crippen molar-refractivity contribution in [1.29, 1.82) is 0 Å². The zero-order chi connectivity index (χ0) is 14.5. The lowest BCUT2D eigenvalue weighted by atomic mass is 9.90. The van der Waals surface area contributed by atoms with E-state index in [0.717, 1.165) is 0 Å². The summed E-state index contributed by atoms with van der Waals surface area (Å²) in [4.78, 5) is 25.9. The van der Waals surface area contributed by atoms with Crippen LogP contribution in [0, 0.1) is 0 Å². The van der Waals surface area contributed by atoms with Gasteiger partial charge in [-0.1, -0.05) is 0 Å². The molecule has 1 fully saturated rings. The normalized spacial score (nSPS) is 19.6. The van der Waals surface area contributed by atoms with E-state index in [-0.39, 0.29) is 11.8 Å². The van der Waals surface area contributed by atoms with Gasteiger partial charge >= 0.3 is 0 Å². The summed E-state index contributed by atoms with van der Waals surface area (Å²) in [7, 11) is 0. The standard InChI is InChI=1S/C13H25N3O3/c1-4-16(5-2)11(17)10(3)15-12(18)13(14)6-8-19-9-7-13/h10H,4-9,14H2,1-3H3,(H,15,18). The summed E-state index contributed by atoms with van der Waals surface area (Å²) < 4.78 is 5.21. The third kappa shape index (κ3) is 3.91. The molecular formula is C13H25N3O3. The molecule has 0 aliphatic carbocycles. The Labute approximate surface area is 114 Å². The van der Waals surface area contributed by atoms with Crippen LogP contribution in [0.1, 0.15) is 33.6 Å². The molecular weight excluding hydrogens is 246 g/mol. The molecule has 1 saturated heterocycles. The number of carbonyl (C=O) groups excluding carboxylic acids is 2. The molecule has 110 valence electrons. The summed E-state index contributed by atoms with van der Waals surface area (Å²) in [6, 6.07) is -0.546. The first-order chi connectivity index (χ1) is 8.94. The molecule has 0 aromatic rings. The van der Waals surface area contributed by atoms with Crippen LogP contribution in [-0.2, 0) is 14.3 Å². The quantitative estimate of drug-likeness (QED) is 0.729. The smallest absolute Gasteiger partial charge is 0.244 e. The van der Waals surface area contributed by atoms with Crippen molar-refractivity contribution in [2.45, 2.75) is 45.2 Å². The summed E-state index contributed by atoms with van der Waals surface area (Å²) in [5.41, 5.74) is 5.17. The lowest BCUT2D eigenvalue weighted by molar-refractivity contribution is -0.138. The van der Waals surface area contributed by atoms with Crippen LogP contribution >= 0.6 is 0 Å². The Bertz CT molecular complexity index is 323. The van der Waals surface area contributed by atoms with Gasteiger partial charge in [0.25, 0.3) is 0 Å². The van der Waals surface area contributed by atoms with Crippen molar-refractivity contribution in [1.82, 2.24) is 10.2 Å². The zero-order valence-corrected chi connectivity index (χ0v) is 12.1. The minimum atomic E-state index is -0.907. The third-order valence-electron chi connectivity index (χ3n) is 3.63. The van der Waals surface area contributed by atoms with Crippen LogP contribution in [0.5, 0.6) is 0 Å². The van der Waals surface area contributed by atoms with Crippen molar-refractivity contribution >= 4 is 11.8 Å². The Morgan fingerprint density at radius 3 is 2.32 bits per heavy atom. The summed E-state index contributed by atoms with van der Waals surface area (Å²) in [6.07, 6.45) is 0.982.